The van der Waals surface area contributed by atoms with Crippen molar-refractivity contribution in [2.24, 2.45) is 4.99 Å². The molecule has 25 heavy (non-hydrogen) atoms. The Bertz CT molecular complexity index is 854. The number of aryl methyl sites for hydroxylation is 2. The summed E-state index contributed by atoms with van der Waals surface area (Å²) in [5.41, 5.74) is 3.28. The highest BCUT2D eigenvalue weighted by atomic mass is 19.1. The van der Waals surface area contributed by atoms with Gasteiger partial charge in [-0.2, -0.15) is 0 Å². The number of ether oxygens (including phenoxy) is 1. The van der Waals surface area contributed by atoms with Crippen LogP contribution in [0.4, 0.5) is 4.39 Å². The molecule has 0 aromatic heterocycles. The number of amides is 1. The second-order valence-electron chi connectivity index (χ2n) is 5.90. The minimum atomic E-state index is -0.254. The summed E-state index contributed by atoms with van der Waals surface area (Å²) in [4.78, 5) is 16.5. The van der Waals surface area contributed by atoms with Gasteiger partial charge in [-0.1, -0.05) is 18.2 Å². The summed E-state index contributed by atoms with van der Waals surface area (Å²) >= 11 is 0. The Labute approximate surface area is 146 Å². The molecule has 1 N–H and O–H groups in total. The molecular weight excluding hydrogens is 319 g/mol. The molecule has 0 fully saturated rings. The normalized spacial score (nSPS) is 15.2. The second kappa shape index (κ2) is 7.30. The van der Waals surface area contributed by atoms with Crippen molar-refractivity contribution < 1.29 is 13.9 Å². The molecule has 3 rings (SSSR count). The Morgan fingerprint density at radius 1 is 1.16 bits per heavy atom. The zero-order valence-corrected chi connectivity index (χ0v) is 14.2. The Morgan fingerprint density at radius 3 is 2.60 bits per heavy atom. The molecule has 1 heterocycles. The molecule has 128 valence electrons. The predicted molar refractivity (Wildman–Crippen MR) is 96.0 cm³/mol. The second-order valence-corrected chi connectivity index (χ2v) is 5.90. The van der Waals surface area contributed by atoms with Crippen LogP contribution < -0.4 is 10.1 Å². The number of amidine groups is 1. The Hall–Kier alpha value is -2.95. The van der Waals surface area contributed by atoms with Crippen LogP contribution in [-0.2, 0) is 11.2 Å². The van der Waals surface area contributed by atoms with Gasteiger partial charge in [0.2, 0.25) is 0 Å². The molecule has 0 bridgehead atoms. The van der Waals surface area contributed by atoms with Gasteiger partial charge in [-0.3, -0.25) is 4.79 Å². The fourth-order valence-corrected chi connectivity index (χ4v) is 2.70. The fraction of sp³-hybridized carbons (Fsp3) is 0.200. The minimum Gasteiger partial charge on any atom is -0.496 e. The monoisotopic (exact) mass is 338 g/mol. The number of aliphatic imine (C=N–C) groups is 1. The molecular formula is C20H19FN2O2. The van der Waals surface area contributed by atoms with E-state index in [1.165, 1.54) is 12.1 Å². The summed E-state index contributed by atoms with van der Waals surface area (Å²) in [7, 11) is 1.63. The van der Waals surface area contributed by atoms with Crippen LogP contribution in [0.25, 0.3) is 6.08 Å². The van der Waals surface area contributed by atoms with Gasteiger partial charge in [0.1, 0.15) is 23.1 Å². The summed E-state index contributed by atoms with van der Waals surface area (Å²) in [5, 5.41) is 2.79. The van der Waals surface area contributed by atoms with Gasteiger partial charge in [0, 0.05) is 6.42 Å². The SMILES string of the molecule is COc1ccc(/C=C2/N=C(CCc3ccc(F)cc3)NC2=O)cc1C. The third-order valence-corrected chi connectivity index (χ3v) is 4.03. The van der Waals surface area contributed by atoms with Crippen molar-refractivity contribution in [1.82, 2.24) is 5.32 Å². The van der Waals surface area contributed by atoms with Crippen molar-refractivity contribution in [3.05, 3.63) is 70.7 Å². The molecule has 0 atom stereocenters. The molecule has 4 nitrogen and oxygen atoms in total. The fourth-order valence-electron chi connectivity index (χ4n) is 2.70. The molecule has 2 aromatic rings. The third-order valence-electron chi connectivity index (χ3n) is 4.03. The van der Waals surface area contributed by atoms with Gasteiger partial charge in [0.05, 0.1) is 7.11 Å². The van der Waals surface area contributed by atoms with Crippen LogP contribution in [0.1, 0.15) is 23.1 Å². The number of nitrogens with one attached hydrogen (secondary N) is 1. The molecule has 2 aromatic carbocycles. The van der Waals surface area contributed by atoms with Gasteiger partial charge < -0.3 is 10.1 Å². The summed E-state index contributed by atoms with van der Waals surface area (Å²) in [6.45, 7) is 1.95. The Morgan fingerprint density at radius 2 is 1.92 bits per heavy atom. The zero-order chi connectivity index (χ0) is 17.8. The lowest BCUT2D eigenvalue weighted by molar-refractivity contribution is -0.115. The molecule has 0 aliphatic carbocycles. The third kappa shape index (κ3) is 4.12. The van der Waals surface area contributed by atoms with Gasteiger partial charge in [-0.15, -0.1) is 0 Å². The number of carbonyl (C=O) groups excluding carboxylic acids is 1. The maximum Gasteiger partial charge on any atom is 0.275 e. The largest absolute Gasteiger partial charge is 0.496 e. The van der Waals surface area contributed by atoms with Crippen LogP contribution in [0.15, 0.2) is 53.2 Å². The average Bonchev–Trinajstić information content (AvgIpc) is 2.94. The molecule has 1 amide bonds. The number of carbonyl (C=O) groups is 1. The summed E-state index contributed by atoms with van der Waals surface area (Å²) in [6, 6.07) is 12.0. The number of halogens is 1. The standard InChI is InChI=1S/C20H19FN2O2/c1-13-11-15(5-9-18(13)25-2)12-17-20(24)23-19(22-17)10-6-14-3-7-16(21)8-4-14/h3-5,7-9,11-12H,6,10H2,1-2H3,(H,22,23,24)/b17-12+. The van der Waals surface area contributed by atoms with Gasteiger partial charge in [0.25, 0.3) is 5.91 Å². The first-order valence-corrected chi connectivity index (χ1v) is 8.05. The van der Waals surface area contributed by atoms with E-state index in [1.54, 1.807) is 25.3 Å². The highest BCUT2D eigenvalue weighted by molar-refractivity contribution is 6.14. The van der Waals surface area contributed by atoms with Crippen molar-refractivity contribution in [1.29, 1.82) is 0 Å². The maximum atomic E-state index is 12.9. The van der Waals surface area contributed by atoms with Crippen LogP contribution in [0.5, 0.6) is 5.75 Å². The van der Waals surface area contributed by atoms with Gasteiger partial charge in [-0.25, -0.2) is 9.38 Å². The zero-order valence-electron chi connectivity index (χ0n) is 14.2. The number of nitrogens with zero attached hydrogens (tertiary/aromatic N) is 1. The molecule has 0 spiro atoms. The Balaban J connectivity index is 1.71. The first kappa shape index (κ1) is 16.9. The number of hydrogen-bond donors (Lipinski definition) is 1. The van der Waals surface area contributed by atoms with Crippen molar-refractivity contribution in [2.45, 2.75) is 19.8 Å². The van der Waals surface area contributed by atoms with Crippen molar-refractivity contribution >= 4 is 17.8 Å². The first-order valence-electron chi connectivity index (χ1n) is 8.05. The van der Waals surface area contributed by atoms with Gasteiger partial charge >= 0.3 is 0 Å². The van der Waals surface area contributed by atoms with E-state index in [4.69, 9.17) is 4.74 Å². The topological polar surface area (TPSA) is 50.7 Å². The molecule has 5 heteroatoms. The van der Waals surface area contributed by atoms with E-state index in [0.29, 0.717) is 24.4 Å². The van der Waals surface area contributed by atoms with Crippen LogP contribution in [-0.4, -0.2) is 18.9 Å². The predicted octanol–water partition coefficient (Wildman–Crippen LogP) is 3.64. The van der Waals surface area contributed by atoms with E-state index in [9.17, 15) is 9.18 Å². The molecule has 0 saturated heterocycles. The van der Waals surface area contributed by atoms with Gasteiger partial charge in [0.15, 0.2) is 0 Å². The first-order chi connectivity index (χ1) is 12.0. The Kier molecular flexibility index (Phi) is 4.93. The summed E-state index contributed by atoms with van der Waals surface area (Å²) in [6.07, 6.45) is 3.04. The van der Waals surface area contributed by atoms with E-state index in [2.05, 4.69) is 10.3 Å². The lowest BCUT2D eigenvalue weighted by Crippen LogP contribution is -2.24. The molecule has 1 aliphatic heterocycles. The number of methoxy groups -OCH3 is 1. The van der Waals surface area contributed by atoms with Crippen LogP contribution >= 0.6 is 0 Å². The lowest BCUT2D eigenvalue weighted by Gasteiger charge is -2.04. The lowest BCUT2D eigenvalue weighted by atomic mass is 10.1. The number of benzene rings is 2. The van der Waals surface area contributed by atoms with E-state index in [1.807, 2.05) is 25.1 Å². The average molecular weight is 338 g/mol. The van der Waals surface area contributed by atoms with Crippen LogP contribution in [0.3, 0.4) is 0 Å². The highest BCUT2D eigenvalue weighted by Crippen LogP contribution is 2.21. The van der Waals surface area contributed by atoms with Crippen molar-refractivity contribution in [3.63, 3.8) is 0 Å². The van der Waals surface area contributed by atoms with E-state index < -0.39 is 0 Å². The van der Waals surface area contributed by atoms with E-state index in [-0.39, 0.29) is 11.7 Å². The van der Waals surface area contributed by atoms with Crippen LogP contribution in [0.2, 0.25) is 0 Å². The quantitative estimate of drug-likeness (QED) is 0.846. The van der Waals surface area contributed by atoms with Crippen LogP contribution in [0, 0.1) is 12.7 Å². The summed E-state index contributed by atoms with van der Waals surface area (Å²) in [5.74, 6) is 0.977. The van der Waals surface area contributed by atoms with Gasteiger partial charge in [-0.05, 0) is 60.4 Å². The number of rotatable bonds is 5. The smallest absolute Gasteiger partial charge is 0.275 e. The van der Waals surface area contributed by atoms with Crippen molar-refractivity contribution in [3.8, 4) is 5.75 Å². The maximum absolute atomic E-state index is 12.9. The van der Waals surface area contributed by atoms with E-state index in [0.717, 1.165) is 22.4 Å². The molecule has 0 unspecified atom stereocenters. The molecule has 0 saturated carbocycles. The van der Waals surface area contributed by atoms with E-state index >= 15 is 0 Å². The highest BCUT2D eigenvalue weighted by Gasteiger charge is 2.19. The minimum absolute atomic E-state index is 0.206. The molecule has 0 radical (unpaired) electrons. The summed E-state index contributed by atoms with van der Waals surface area (Å²) < 4.78 is 18.2. The van der Waals surface area contributed by atoms with Crippen molar-refractivity contribution in [2.75, 3.05) is 7.11 Å². The number of hydrogen-bond acceptors (Lipinski definition) is 3. The molecule has 1 aliphatic rings.